The summed E-state index contributed by atoms with van der Waals surface area (Å²) in [7, 11) is 0. The second-order valence-corrected chi connectivity index (χ2v) is 3.14. The summed E-state index contributed by atoms with van der Waals surface area (Å²) >= 11 is 0. The van der Waals surface area contributed by atoms with Crippen LogP contribution >= 0.6 is 0 Å². The zero-order valence-electron chi connectivity index (χ0n) is 7.09. The fraction of sp³-hybridized carbons (Fsp3) is 0.400. The minimum Gasteiger partial charge on any atom is -0.671 e. The van der Waals surface area contributed by atoms with Gasteiger partial charge in [0.05, 0.1) is 0 Å². The quantitative estimate of drug-likeness (QED) is 0.668. The molecule has 0 heterocycles. The van der Waals surface area contributed by atoms with E-state index in [0.717, 1.165) is 6.42 Å². The molecular formula is C10H12AcN-. The average Bonchev–Trinajstić information content (AvgIpc) is 2.06. The van der Waals surface area contributed by atoms with Crippen LogP contribution < -0.4 is 0 Å². The van der Waals surface area contributed by atoms with E-state index >= 15 is 0 Å². The van der Waals surface area contributed by atoms with Crippen LogP contribution in [0.2, 0.25) is 0 Å². The van der Waals surface area contributed by atoms with Crippen LogP contribution in [-0.2, 0) is 6.42 Å². The second kappa shape index (κ2) is 4.75. The van der Waals surface area contributed by atoms with Gasteiger partial charge in [0.25, 0.3) is 0 Å². The predicted octanol–water partition coefficient (Wildman–Crippen LogP) is 3.12. The third kappa shape index (κ3) is 2.10. The molecule has 0 aliphatic heterocycles. The van der Waals surface area contributed by atoms with Crippen LogP contribution in [-0.4, -0.2) is 0 Å². The van der Waals surface area contributed by atoms with Crippen LogP contribution in [0.15, 0.2) is 24.3 Å². The van der Waals surface area contributed by atoms with Gasteiger partial charge in [0, 0.05) is 44.1 Å². The van der Waals surface area contributed by atoms with E-state index in [1.807, 2.05) is 6.07 Å². The number of hydrogen-bond donors (Lipinski definition) is 0. The van der Waals surface area contributed by atoms with E-state index in [1.165, 1.54) is 24.0 Å². The van der Waals surface area contributed by atoms with Crippen LogP contribution in [0.3, 0.4) is 0 Å². The van der Waals surface area contributed by atoms with Crippen molar-refractivity contribution in [1.82, 2.24) is 0 Å². The fourth-order valence-electron chi connectivity index (χ4n) is 1.75. The Hall–Kier alpha value is 0.622. The standard InChI is InChI=1S/C10H12N.Ac/c11-10-7-3-5-8-4-1-2-6-9(8)10;/h1-2,4,6,10-11H,3,5,7H2;/q-1;. The summed E-state index contributed by atoms with van der Waals surface area (Å²) in [6.07, 6.45) is 3.40. The van der Waals surface area contributed by atoms with Crippen molar-refractivity contribution >= 4 is 0 Å². The van der Waals surface area contributed by atoms with Gasteiger partial charge in [-0.2, -0.15) is 0 Å². The van der Waals surface area contributed by atoms with Crippen LogP contribution in [0.1, 0.15) is 30.0 Å². The molecule has 1 nitrogen and oxygen atoms in total. The Balaban J connectivity index is 0.000000720. The smallest absolute Gasteiger partial charge is 0 e. The SMILES string of the molecule is [Ac].[NH-]C1CCCc2ccccc21. The molecule has 1 unspecified atom stereocenters. The minimum atomic E-state index is 0. The van der Waals surface area contributed by atoms with Gasteiger partial charge in [0.15, 0.2) is 0 Å². The molecule has 0 saturated heterocycles. The molecule has 12 heavy (non-hydrogen) atoms. The van der Waals surface area contributed by atoms with Crippen molar-refractivity contribution in [3.05, 3.63) is 41.1 Å². The van der Waals surface area contributed by atoms with E-state index in [4.69, 9.17) is 5.73 Å². The van der Waals surface area contributed by atoms with Gasteiger partial charge < -0.3 is 5.73 Å². The molecule has 1 atom stereocenters. The number of fused-ring (bicyclic) bond motifs is 1. The van der Waals surface area contributed by atoms with Crippen molar-refractivity contribution in [2.45, 2.75) is 25.3 Å². The molecule has 0 aromatic heterocycles. The summed E-state index contributed by atoms with van der Waals surface area (Å²) < 4.78 is 0. The van der Waals surface area contributed by atoms with Gasteiger partial charge in [-0.25, -0.2) is 0 Å². The Morgan fingerprint density at radius 2 is 2.00 bits per heavy atom. The van der Waals surface area contributed by atoms with Gasteiger partial charge in [-0.05, 0) is 12.0 Å². The zero-order chi connectivity index (χ0) is 7.68. The van der Waals surface area contributed by atoms with Crippen molar-refractivity contribution in [2.24, 2.45) is 0 Å². The molecular weight excluding hydrogens is 361 g/mol. The molecule has 0 saturated carbocycles. The summed E-state index contributed by atoms with van der Waals surface area (Å²) in [6.45, 7) is 0. The van der Waals surface area contributed by atoms with E-state index in [9.17, 15) is 0 Å². The van der Waals surface area contributed by atoms with Gasteiger partial charge in [0.1, 0.15) is 0 Å². The second-order valence-electron chi connectivity index (χ2n) is 3.14. The molecule has 0 amide bonds. The largest absolute Gasteiger partial charge is 0.671 e. The van der Waals surface area contributed by atoms with Gasteiger partial charge in [-0.3, -0.25) is 0 Å². The van der Waals surface area contributed by atoms with Crippen molar-refractivity contribution in [3.63, 3.8) is 0 Å². The number of nitrogens with one attached hydrogen (secondary N) is 1. The van der Waals surface area contributed by atoms with E-state index in [-0.39, 0.29) is 50.1 Å². The van der Waals surface area contributed by atoms with Crippen molar-refractivity contribution in [3.8, 4) is 0 Å². The van der Waals surface area contributed by atoms with E-state index in [1.54, 1.807) is 0 Å². The van der Waals surface area contributed by atoms with Crippen LogP contribution in [0.4, 0.5) is 0 Å². The Kier molecular flexibility index (Phi) is 4.23. The first kappa shape index (κ1) is 10.7. The predicted molar refractivity (Wildman–Crippen MR) is 46.4 cm³/mol. The number of benzene rings is 1. The van der Waals surface area contributed by atoms with Crippen LogP contribution in [0.25, 0.3) is 5.73 Å². The van der Waals surface area contributed by atoms with Crippen molar-refractivity contribution in [2.75, 3.05) is 0 Å². The first-order valence-corrected chi connectivity index (χ1v) is 4.17. The molecule has 1 N–H and O–H groups in total. The molecule has 0 bridgehead atoms. The first-order valence-electron chi connectivity index (χ1n) is 4.17. The molecule has 1 aliphatic rings. The zero-order valence-corrected chi connectivity index (χ0v) is 11.8. The van der Waals surface area contributed by atoms with Gasteiger partial charge in [0.2, 0.25) is 0 Å². The monoisotopic (exact) mass is 373 g/mol. The molecule has 1 aliphatic carbocycles. The molecule has 2 rings (SSSR count). The summed E-state index contributed by atoms with van der Waals surface area (Å²) in [5, 5.41) is 0. The van der Waals surface area contributed by atoms with E-state index in [0.29, 0.717) is 0 Å². The van der Waals surface area contributed by atoms with Gasteiger partial charge >= 0.3 is 0 Å². The molecule has 0 fully saturated rings. The summed E-state index contributed by atoms with van der Waals surface area (Å²) in [6, 6.07) is 8.38. The Bertz CT molecular complexity index is 260. The maximum absolute atomic E-state index is 7.75. The third-order valence-corrected chi connectivity index (χ3v) is 2.37. The summed E-state index contributed by atoms with van der Waals surface area (Å²) in [4.78, 5) is 0. The van der Waals surface area contributed by atoms with Crippen LogP contribution in [0.5, 0.6) is 0 Å². The van der Waals surface area contributed by atoms with Gasteiger partial charge in [-0.15, -0.1) is 6.04 Å². The fourth-order valence-corrected chi connectivity index (χ4v) is 1.75. The third-order valence-electron chi connectivity index (χ3n) is 2.37. The topological polar surface area (TPSA) is 23.8 Å². The Morgan fingerprint density at radius 1 is 1.25 bits per heavy atom. The molecule has 1 aromatic carbocycles. The maximum atomic E-state index is 7.75. The van der Waals surface area contributed by atoms with Crippen molar-refractivity contribution in [1.29, 1.82) is 0 Å². The van der Waals surface area contributed by atoms with Crippen LogP contribution in [0, 0.1) is 44.1 Å². The Labute approximate surface area is 109 Å². The van der Waals surface area contributed by atoms with Crippen molar-refractivity contribution < 1.29 is 44.1 Å². The van der Waals surface area contributed by atoms with E-state index in [2.05, 4.69) is 18.2 Å². The minimum absolute atomic E-state index is 0. The molecule has 1 aromatic rings. The molecule has 1 radical (unpaired) electrons. The summed E-state index contributed by atoms with van der Waals surface area (Å²) in [5.41, 5.74) is 10.4. The number of hydrogen-bond acceptors (Lipinski definition) is 0. The molecule has 61 valence electrons. The average molecular weight is 373 g/mol. The van der Waals surface area contributed by atoms with E-state index < -0.39 is 0 Å². The number of rotatable bonds is 0. The first-order chi connectivity index (χ1) is 5.38. The summed E-state index contributed by atoms with van der Waals surface area (Å²) in [5.74, 6) is 0. The number of aryl methyl sites for hydroxylation is 1. The molecule has 0 spiro atoms. The Morgan fingerprint density at radius 3 is 2.75 bits per heavy atom. The normalized spacial score (nSPS) is 20.9. The van der Waals surface area contributed by atoms with Gasteiger partial charge in [-0.1, -0.05) is 42.7 Å². The maximum Gasteiger partial charge on any atom is 0 e. The molecule has 2 heteroatoms.